The van der Waals surface area contributed by atoms with Crippen LogP contribution in [0.3, 0.4) is 0 Å². The van der Waals surface area contributed by atoms with Crippen molar-refractivity contribution in [2.75, 3.05) is 13.1 Å². The maximum Gasteiger partial charge on any atom is 0.372 e. The van der Waals surface area contributed by atoms with Crippen LogP contribution in [-0.4, -0.2) is 38.6 Å². The van der Waals surface area contributed by atoms with Gasteiger partial charge >= 0.3 is 5.97 Å². The smallest absolute Gasteiger partial charge is 0.372 e. The van der Waals surface area contributed by atoms with Gasteiger partial charge in [0.15, 0.2) is 0 Å². The molecule has 0 bridgehead atoms. The Morgan fingerprint density at radius 1 is 1.50 bits per heavy atom. The summed E-state index contributed by atoms with van der Waals surface area (Å²) in [5.74, 6) is -0.800. The number of imidazole rings is 1. The van der Waals surface area contributed by atoms with Crippen LogP contribution in [0.15, 0.2) is 6.20 Å². The Hall–Kier alpha value is -1.36. The van der Waals surface area contributed by atoms with Crippen molar-refractivity contribution in [3.63, 3.8) is 0 Å². The van der Waals surface area contributed by atoms with E-state index in [-0.39, 0.29) is 5.82 Å². The van der Waals surface area contributed by atoms with Crippen LogP contribution in [0.5, 0.6) is 0 Å². The van der Waals surface area contributed by atoms with Crippen LogP contribution in [0, 0.1) is 0 Å². The van der Waals surface area contributed by atoms with E-state index in [1.807, 2.05) is 13.1 Å². The molecule has 2 heterocycles. The number of rotatable bonds is 4. The van der Waals surface area contributed by atoms with E-state index in [2.05, 4.69) is 9.88 Å². The molecule has 0 radical (unpaired) electrons. The zero-order valence-electron chi connectivity index (χ0n) is 9.52. The summed E-state index contributed by atoms with van der Waals surface area (Å²) in [7, 11) is 0. The molecular weight excluding hydrogens is 206 g/mol. The van der Waals surface area contributed by atoms with Gasteiger partial charge in [0, 0.05) is 19.3 Å². The van der Waals surface area contributed by atoms with Gasteiger partial charge in [-0.2, -0.15) is 0 Å². The molecule has 5 heteroatoms. The van der Waals surface area contributed by atoms with Crippen LogP contribution in [-0.2, 0) is 13.1 Å². The summed E-state index contributed by atoms with van der Waals surface area (Å²) in [4.78, 5) is 17.4. The first-order valence-corrected chi connectivity index (χ1v) is 5.72. The molecule has 0 unspecified atom stereocenters. The molecular formula is C11H17N3O2. The molecule has 0 aromatic carbocycles. The van der Waals surface area contributed by atoms with Crippen LogP contribution in [0.1, 0.15) is 36.1 Å². The van der Waals surface area contributed by atoms with Crippen molar-refractivity contribution >= 4 is 5.97 Å². The number of aromatic nitrogens is 2. The van der Waals surface area contributed by atoms with Gasteiger partial charge in [0.1, 0.15) is 0 Å². The van der Waals surface area contributed by atoms with Crippen LogP contribution in [0.2, 0.25) is 0 Å². The molecule has 1 aliphatic heterocycles. The van der Waals surface area contributed by atoms with Crippen molar-refractivity contribution in [2.24, 2.45) is 0 Å². The van der Waals surface area contributed by atoms with E-state index in [1.54, 1.807) is 4.57 Å². The molecule has 1 aliphatic rings. The van der Waals surface area contributed by atoms with Crippen molar-refractivity contribution in [1.29, 1.82) is 0 Å². The minimum absolute atomic E-state index is 0.150. The highest BCUT2D eigenvalue weighted by atomic mass is 16.4. The minimum atomic E-state index is -0.950. The summed E-state index contributed by atoms with van der Waals surface area (Å²) in [5, 5.41) is 8.97. The minimum Gasteiger partial charge on any atom is -0.475 e. The lowest BCUT2D eigenvalue weighted by atomic mass is 10.4. The maximum atomic E-state index is 10.9. The molecule has 0 aliphatic carbocycles. The lowest BCUT2D eigenvalue weighted by molar-refractivity contribution is 0.0678. The summed E-state index contributed by atoms with van der Waals surface area (Å²) in [6.45, 7) is 5.54. The van der Waals surface area contributed by atoms with Gasteiger partial charge in [-0.15, -0.1) is 0 Å². The van der Waals surface area contributed by atoms with Gasteiger partial charge in [-0.25, -0.2) is 9.78 Å². The third-order valence-corrected chi connectivity index (χ3v) is 2.94. The van der Waals surface area contributed by atoms with Gasteiger partial charge in [-0.3, -0.25) is 4.90 Å². The second kappa shape index (κ2) is 4.65. The molecule has 0 spiro atoms. The van der Waals surface area contributed by atoms with E-state index in [0.717, 1.165) is 25.3 Å². The van der Waals surface area contributed by atoms with E-state index in [1.165, 1.54) is 12.8 Å². The number of nitrogens with zero attached hydrogens (tertiary/aromatic N) is 3. The van der Waals surface area contributed by atoms with E-state index < -0.39 is 5.97 Å². The third-order valence-electron chi connectivity index (χ3n) is 2.94. The van der Waals surface area contributed by atoms with E-state index in [9.17, 15) is 4.79 Å². The van der Waals surface area contributed by atoms with Crippen molar-refractivity contribution in [3.05, 3.63) is 17.7 Å². The number of carboxylic acid groups (broad SMARTS) is 1. The van der Waals surface area contributed by atoms with Gasteiger partial charge in [-0.1, -0.05) is 0 Å². The summed E-state index contributed by atoms with van der Waals surface area (Å²) < 4.78 is 1.69. The number of likely N-dealkylation sites (tertiary alicyclic amines) is 1. The zero-order valence-corrected chi connectivity index (χ0v) is 9.52. The summed E-state index contributed by atoms with van der Waals surface area (Å²) in [5.41, 5.74) is 0.862. The van der Waals surface area contributed by atoms with E-state index in [0.29, 0.717) is 6.54 Å². The fourth-order valence-electron chi connectivity index (χ4n) is 2.13. The molecule has 0 saturated carbocycles. The van der Waals surface area contributed by atoms with Crippen molar-refractivity contribution < 1.29 is 9.90 Å². The number of carbonyl (C=O) groups is 1. The van der Waals surface area contributed by atoms with Crippen molar-refractivity contribution in [1.82, 2.24) is 14.5 Å². The first-order chi connectivity index (χ1) is 7.70. The van der Waals surface area contributed by atoms with Crippen LogP contribution in [0.25, 0.3) is 0 Å². The van der Waals surface area contributed by atoms with E-state index in [4.69, 9.17) is 5.11 Å². The number of hydrogen-bond acceptors (Lipinski definition) is 3. The Balaban J connectivity index is 2.12. The zero-order chi connectivity index (χ0) is 11.5. The molecule has 1 saturated heterocycles. The highest BCUT2D eigenvalue weighted by molar-refractivity contribution is 5.83. The standard InChI is InChI=1S/C11H17N3O2/c1-2-14-8-9(12-10(14)11(15)16)7-13-5-3-4-6-13/h8H,2-7H2,1H3,(H,15,16). The van der Waals surface area contributed by atoms with Crippen LogP contribution >= 0.6 is 0 Å². The summed E-state index contributed by atoms with van der Waals surface area (Å²) in [6, 6.07) is 0. The fraction of sp³-hybridized carbons (Fsp3) is 0.636. The molecule has 1 aromatic rings. The average molecular weight is 223 g/mol. The number of carboxylic acids is 1. The maximum absolute atomic E-state index is 10.9. The van der Waals surface area contributed by atoms with Crippen molar-refractivity contribution in [3.8, 4) is 0 Å². The molecule has 1 N–H and O–H groups in total. The van der Waals surface area contributed by atoms with Crippen molar-refractivity contribution in [2.45, 2.75) is 32.9 Å². The lowest BCUT2D eigenvalue weighted by Gasteiger charge is -2.11. The molecule has 0 amide bonds. The highest BCUT2D eigenvalue weighted by Gasteiger charge is 2.17. The Bertz CT molecular complexity index is 381. The number of aromatic carboxylic acids is 1. The largest absolute Gasteiger partial charge is 0.475 e. The third kappa shape index (κ3) is 2.24. The lowest BCUT2D eigenvalue weighted by Crippen LogP contribution is -2.18. The van der Waals surface area contributed by atoms with Gasteiger partial charge in [0.05, 0.1) is 5.69 Å². The summed E-state index contributed by atoms with van der Waals surface area (Å²) >= 11 is 0. The predicted molar refractivity (Wildman–Crippen MR) is 59.4 cm³/mol. The normalized spacial score (nSPS) is 16.8. The number of aryl methyl sites for hydroxylation is 1. The van der Waals surface area contributed by atoms with Gasteiger partial charge < -0.3 is 9.67 Å². The quantitative estimate of drug-likeness (QED) is 0.833. The molecule has 16 heavy (non-hydrogen) atoms. The molecule has 1 fully saturated rings. The Morgan fingerprint density at radius 3 is 2.69 bits per heavy atom. The Morgan fingerprint density at radius 2 is 2.19 bits per heavy atom. The number of hydrogen-bond donors (Lipinski definition) is 1. The second-order valence-electron chi connectivity index (χ2n) is 4.13. The van der Waals surface area contributed by atoms with Crippen LogP contribution in [0.4, 0.5) is 0 Å². The predicted octanol–water partition coefficient (Wildman–Crippen LogP) is 1.20. The molecule has 0 atom stereocenters. The SMILES string of the molecule is CCn1cc(CN2CCCC2)nc1C(=O)O. The molecule has 5 nitrogen and oxygen atoms in total. The Labute approximate surface area is 94.7 Å². The second-order valence-corrected chi connectivity index (χ2v) is 4.13. The topological polar surface area (TPSA) is 58.4 Å². The van der Waals surface area contributed by atoms with Gasteiger partial charge in [0.2, 0.25) is 5.82 Å². The fourth-order valence-corrected chi connectivity index (χ4v) is 2.13. The first kappa shape index (κ1) is 11.1. The molecule has 1 aromatic heterocycles. The first-order valence-electron chi connectivity index (χ1n) is 5.72. The average Bonchev–Trinajstić information content (AvgIpc) is 2.87. The molecule has 2 rings (SSSR count). The Kier molecular flexibility index (Phi) is 3.24. The summed E-state index contributed by atoms with van der Waals surface area (Å²) in [6.07, 6.45) is 4.32. The molecule has 88 valence electrons. The van der Waals surface area contributed by atoms with Gasteiger partial charge in [0.25, 0.3) is 0 Å². The van der Waals surface area contributed by atoms with E-state index >= 15 is 0 Å². The van der Waals surface area contributed by atoms with Crippen LogP contribution < -0.4 is 0 Å². The monoisotopic (exact) mass is 223 g/mol. The van der Waals surface area contributed by atoms with Gasteiger partial charge in [-0.05, 0) is 32.9 Å². The highest BCUT2D eigenvalue weighted by Crippen LogP contribution is 2.12.